The molecule has 8 nitrogen and oxygen atoms in total. The van der Waals surface area contributed by atoms with E-state index in [1.54, 1.807) is 24.4 Å². The molecule has 1 aromatic heterocycles. The lowest BCUT2D eigenvalue weighted by atomic mass is 10.0. The van der Waals surface area contributed by atoms with Crippen LogP contribution in [0.1, 0.15) is 11.1 Å². The third kappa shape index (κ3) is 4.03. The zero-order valence-corrected chi connectivity index (χ0v) is 16.1. The van der Waals surface area contributed by atoms with E-state index in [2.05, 4.69) is 10.3 Å². The van der Waals surface area contributed by atoms with Gasteiger partial charge in [-0.2, -0.15) is 0 Å². The first-order valence-corrected chi connectivity index (χ1v) is 9.50. The fourth-order valence-electron chi connectivity index (χ4n) is 3.27. The molecule has 1 aliphatic heterocycles. The first-order valence-electron chi connectivity index (χ1n) is 9.50. The second-order valence-electron chi connectivity index (χ2n) is 6.53. The molecule has 8 heteroatoms. The number of hydrogen-bond acceptors (Lipinski definition) is 7. The average molecular weight is 407 g/mol. The van der Waals surface area contributed by atoms with E-state index in [1.165, 1.54) is 0 Å². The molecular formula is C22H21N3O5. The Labute approximate surface area is 172 Å². The Hall–Kier alpha value is -3.30. The zero-order valence-electron chi connectivity index (χ0n) is 16.1. The number of rotatable bonds is 8. The number of benzene rings is 2. The van der Waals surface area contributed by atoms with E-state index in [0.29, 0.717) is 22.5 Å². The van der Waals surface area contributed by atoms with Gasteiger partial charge in [-0.3, -0.25) is 9.78 Å². The molecule has 30 heavy (non-hydrogen) atoms. The molecule has 2 aromatic carbocycles. The van der Waals surface area contributed by atoms with E-state index in [0.717, 1.165) is 21.7 Å². The summed E-state index contributed by atoms with van der Waals surface area (Å²) in [6.45, 7) is -0.342. The molecule has 0 saturated heterocycles. The number of nitrogens with zero attached hydrogens (tertiary/aromatic N) is 2. The monoisotopic (exact) mass is 407 g/mol. The molecule has 3 aromatic rings. The minimum atomic E-state index is -0.206. The van der Waals surface area contributed by atoms with Gasteiger partial charge in [-0.05, 0) is 42.0 Å². The van der Waals surface area contributed by atoms with Gasteiger partial charge in [0.05, 0.1) is 24.4 Å². The van der Waals surface area contributed by atoms with Crippen LogP contribution in [-0.2, 0) is 14.5 Å². The van der Waals surface area contributed by atoms with Gasteiger partial charge in [0, 0.05) is 28.4 Å². The Morgan fingerprint density at radius 1 is 1.03 bits per heavy atom. The number of pyridine rings is 1. The van der Waals surface area contributed by atoms with E-state index in [4.69, 9.17) is 19.9 Å². The molecule has 3 N–H and O–H groups in total. The van der Waals surface area contributed by atoms with Gasteiger partial charge >= 0.3 is 0 Å². The van der Waals surface area contributed by atoms with Crippen molar-refractivity contribution < 1.29 is 24.7 Å². The van der Waals surface area contributed by atoms with Gasteiger partial charge in [0.2, 0.25) is 0 Å². The number of aromatic nitrogens is 1. The summed E-state index contributed by atoms with van der Waals surface area (Å²) in [5.41, 5.74) is 4.14. The van der Waals surface area contributed by atoms with E-state index in [9.17, 15) is 4.79 Å². The van der Waals surface area contributed by atoms with Crippen molar-refractivity contribution in [1.29, 1.82) is 0 Å². The molecule has 0 saturated carbocycles. The number of nitrogens with one attached hydrogen (secondary N) is 1. The van der Waals surface area contributed by atoms with Gasteiger partial charge in [0.15, 0.2) is 0 Å². The predicted octanol–water partition coefficient (Wildman–Crippen LogP) is 2.38. The first kappa shape index (κ1) is 20.0. The van der Waals surface area contributed by atoms with E-state index in [-0.39, 0.29) is 32.3 Å². The van der Waals surface area contributed by atoms with Crippen LogP contribution in [0, 0.1) is 0 Å². The fourth-order valence-corrected chi connectivity index (χ4v) is 3.27. The van der Waals surface area contributed by atoms with Crippen molar-refractivity contribution >= 4 is 39.8 Å². The molecular weight excluding hydrogens is 386 g/mol. The third-order valence-corrected chi connectivity index (χ3v) is 4.58. The zero-order chi connectivity index (χ0) is 20.9. The largest absolute Gasteiger partial charge is 0.394 e. The number of aliphatic hydroxyl groups is 2. The number of amides is 1. The molecule has 0 aliphatic carbocycles. The van der Waals surface area contributed by atoms with Crippen molar-refractivity contribution in [2.75, 3.05) is 37.0 Å². The molecule has 154 valence electrons. The van der Waals surface area contributed by atoms with Gasteiger partial charge in [-0.1, -0.05) is 18.2 Å². The molecule has 0 radical (unpaired) electrons. The Morgan fingerprint density at radius 3 is 2.57 bits per heavy atom. The van der Waals surface area contributed by atoms with Crippen molar-refractivity contribution in [3.8, 4) is 0 Å². The molecule has 2 heterocycles. The summed E-state index contributed by atoms with van der Waals surface area (Å²) >= 11 is 0. The van der Waals surface area contributed by atoms with Crippen LogP contribution in [0.25, 0.3) is 22.6 Å². The van der Waals surface area contributed by atoms with Crippen molar-refractivity contribution in [2.24, 2.45) is 0 Å². The van der Waals surface area contributed by atoms with Gasteiger partial charge in [0.1, 0.15) is 13.2 Å². The van der Waals surface area contributed by atoms with Gasteiger partial charge in [-0.25, -0.2) is 9.68 Å². The van der Waals surface area contributed by atoms with Crippen LogP contribution in [0.4, 0.5) is 11.4 Å². The van der Waals surface area contributed by atoms with Crippen LogP contribution in [-0.4, -0.2) is 47.5 Å². The van der Waals surface area contributed by atoms with E-state index >= 15 is 0 Å². The molecule has 0 atom stereocenters. The molecule has 0 spiro atoms. The topological polar surface area (TPSA) is 104 Å². The number of carbonyl (C=O) groups excluding carboxylic acids is 1. The van der Waals surface area contributed by atoms with Gasteiger partial charge in [0.25, 0.3) is 5.91 Å². The first-order chi connectivity index (χ1) is 14.7. The molecule has 0 unspecified atom stereocenters. The van der Waals surface area contributed by atoms with Crippen LogP contribution in [0.15, 0.2) is 54.7 Å². The van der Waals surface area contributed by atoms with Gasteiger partial charge < -0.3 is 15.5 Å². The van der Waals surface area contributed by atoms with Crippen LogP contribution < -0.4 is 10.5 Å². The highest BCUT2D eigenvalue weighted by atomic mass is 16.9. The minimum absolute atomic E-state index is 0.0192. The number of para-hydroxylation sites is 1. The Balaban J connectivity index is 1.74. The summed E-state index contributed by atoms with van der Waals surface area (Å²) in [6, 6.07) is 14.8. The van der Waals surface area contributed by atoms with Crippen molar-refractivity contribution in [2.45, 2.75) is 0 Å². The second-order valence-corrected chi connectivity index (χ2v) is 6.53. The fraction of sp³-hybridized carbons (Fsp3) is 0.182. The molecule has 4 rings (SSSR count). The average Bonchev–Trinajstić information content (AvgIpc) is 3.08. The Morgan fingerprint density at radius 2 is 1.80 bits per heavy atom. The number of aliphatic hydroxyl groups excluding tert-OH is 2. The Kier molecular flexibility index (Phi) is 6.01. The number of fused-ring (bicyclic) bond motifs is 2. The number of hydrogen-bond donors (Lipinski definition) is 3. The molecule has 0 fully saturated rings. The summed E-state index contributed by atoms with van der Waals surface area (Å²) in [5, 5.41) is 23.0. The highest BCUT2D eigenvalue weighted by Crippen LogP contribution is 2.36. The maximum Gasteiger partial charge on any atom is 0.256 e. The SMILES string of the molecule is O=C1Nc2ccc(N(OCCO)OCCO)cc2C1=Cc1ccnc2ccccc12. The lowest BCUT2D eigenvalue weighted by molar-refractivity contribution is -0.110. The highest BCUT2D eigenvalue weighted by Gasteiger charge is 2.26. The quantitative estimate of drug-likeness (QED) is 0.389. The summed E-state index contributed by atoms with van der Waals surface area (Å²) in [7, 11) is 0. The minimum Gasteiger partial charge on any atom is -0.394 e. The molecule has 1 amide bonds. The normalized spacial score (nSPS) is 14.2. The summed E-state index contributed by atoms with van der Waals surface area (Å²) in [4.78, 5) is 27.8. The van der Waals surface area contributed by atoms with Crippen molar-refractivity contribution in [3.63, 3.8) is 0 Å². The highest BCUT2D eigenvalue weighted by molar-refractivity contribution is 6.35. The van der Waals surface area contributed by atoms with Crippen molar-refractivity contribution in [3.05, 3.63) is 65.9 Å². The van der Waals surface area contributed by atoms with Gasteiger partial charge in [-0.15, -0.1) is 5.23 Å². The predicted molar refractivity (Wildman–Crippen MR) is 113 cm³/mol. The number of anilines is 2. The molecule has 0 bridgehead atoms. The van der Waals surface area contributed by atoms with Crippen molar-refractivity contribution in [1.82, 2.24) is 4.98 Å². The lowest BCUT2D eigenvalue weighted by Gasteiger charge is -2.22. The standard InChI is InChI=1S/C22H21N3O5/c26-9-11-29-25(30-12-10-27)16-5-6-21-18(14-16)19(22(28)24-21)13-15-7-8-23-20-4-2-1-3-17(15)20/h1-8,13-14,26-27H,9-12H2,(H,24,28). The van der Waals surface area contributed by atoms with E-state index < -0.39 is 0 Å². The second kappa shape index (κ2) is 9.02. The van der Waals surface area contributed by atoms with Crippen LogP contribution in [0.5, 0.6) is 0 Å². The van der Waals surface area contributed by atoms with Crippen LogP contribution >= 0.6 is 0 Å². The summed E-state index contributed by atoms with van der Waals surface area (Å²) in [6.07, 6.45) is 3.55. The summed E-state index contributed by atoms with van der Waals surface area (Å²) in [5.74, 6) is -0.206. The maximum atomic E-state index is 12.7. The Bertz CT molecular complexity index is 1090. The van der Waals surface area contributed by atoms with Crippen LogP contribution in [0.3, 0.4) is 0 Å². The van der Waals surface area contributed by atoms with Crippen LogP contribution in [0.2, 0.25) is 0 Å². The lowest BCUT2D eigenvalue weighted by Crippen LogP contribution is -2.27. The smallest absolute Gasteiger partial charge is 0.256 e. The maximum absolute atomic E-state index is 12.7. The summed E-state index contributed by atoms with van der Waals surface area (Å²) < 4.78 is 0. The van der Waals surface area contributed by atoms with E-state index in [1.807, 2.05) is 36.4 Å². The molecule has 1 aliphatic rings. The third-order valence-electron chi connectivity index (χ3n) is 4.58. The number of carbonyl (C=O) groups is 1.